The maximum Gasteiger partial charge on any atom is 0.144 e. The molecule has 0 saturated carbocycles. The van der Waals surface area contributed by atoms with Gasteiger partial charge in [0.1, 0.15) is 22.9 Å². The second-order valence-corrected chi connectivity index (χ2v) is 9.20. The molecule has 6 rings (SSSR count). The lowest BCUT2D eigenvalue weighted by atomic mass is 9.93. The van der Waals surface area contributed by atoms with Gasteiger partial charge >= 0.3 is 0 Å². The highest BCUT2D eigenvalue weighted by Crippen LogP contribution is 2.46. The van der Waals surface area contributed by atoms with E-state index in [1.807, 2.05) is 42.5 Å². The predicted molar refractivity (Wildman–Crippen MR) is 153 cm³/mol. The fourth-order valence-electron chi connectivity index (χ4n) is 5.23. The van der Waals surface area contributed by atoms with E-state index >= 15 is 0 Å². The van der Waals surface area contributed by atoms with Gasteiger partial charge in [-0.2, -0.15) is 5.10 Å². The van der Waals surface area contributed by atoms with Crippen molar-refractivity contribution in [1.82, 2.24) is 4.98 Å². The van der Waals surface area contributed by atoms with Gasteiger partial charge in [0, 0.05) is 22.9 Å². The summed E-state index contributed by atoms with van der Waals surface area (Å²) in [5, 5.41) is 8.48. The molecule has 0 aliphatic carbocycles. The topological polar surface area (TPSA) is 59.1 Å². The molecule has 0 radical (unpaired) electrons. The second kappa shape index (κ2) is 9.98. The number of aromatic nitrogens is 1. The Hall–Kier alpha value is -4.71. The SMILES string of the molecule is COc1ccc(C2=NN(c3ccccc3OC)[C@@H](c3c(-c4ccc(OC)cc4)[nH]c4ccccc34)C2)cc1. The lowest BCUT2D eigenvalue weighted by Gasteiger charge is -2.26. The smallest absolute Gasteiger partial charge is 0.144 e. The maximum absolute atomic E-state index is 5.77. The summed E-state index contributed by atoms with van der Waals surface area (Å²) >= 11 is 0. The maximum atomic E-state index is 5.77. The number of H-pyrrole nitrogens is 1. The van der Waals surface area contributed by atoms with Crippen LogP contribution in [0.3, 0.4) is 0 Å². The second-order valence-electron chi connectivity index (χ2n) is 9.20. The molecule has 1 aromatic heterocycles. The van der Waals surface area contributed by atoms with Gasteiger partial charge in [-0.15, -0.1) is 0 Å². The summed E-state index contributed by atoms with van der Waals surface area (Å²) in [4.78, 5) is 3.70. The van der Waals surface area contributed by atoms with Crippen molar-refractivity contribution in [3.8, 4) is 28.5 Å². The zero-order valence-corrected chi connectivity index (χ0v) is 21.6. The summed E-state index contributed by atoms with van der Waals surface area (Å²) in [6.07, 6.45) is 0.732. The molecule has 1 aliphatic rings. The lowest BCUT2D eigenvalue weighted by molar-refractivity contribution is 0.413. The number of hydrogen-bond acceptors (Lipinski definition) is 5. The number of fused-ring (bicyclic) bond motifs is 1. The summed E-state index contributed by atoms with van der Waals surface area (Å²) in [6, 6.07) is 32.7. The number of para-hydroxylation sites is 3. The van der Waals surface area contributed by atoms with Crippen LogP contribution in [0.1, 0.15) is 23.6 Å². The molecule has 0 saturated heterocycles. The third-order valence-corrected chi connectivity index (χ3v) is 7.12. The van der Waals surface area contributed by atoms with E-state index in [-0.39, 0.29) is 6.04 Å². The molecular formula is C32H29N3O3. The van der Waals surface area contributed by atoms with Crippen LogP contribution in [-0.4, -0.2) is 32.0 Å². The van der Waals surface area contributed by atoms with Crippen molar-refractivity contribution in [2.75, 3.05) is 26.3 Å². The monoisotopic (exact) mass is 503 g/mol. The normalized spacial score (nSPS) is 15.0. The molecule has 0 bridgehead atoms. The molecule has 6 nitrogen and oxygen atoms in total. The molecule has 190 valence electrons. The standard InChI is InChI=1S/C32H29N3O3/c1-36-23-16-12-21(13-17-23)27-20-29(35(34-27)28-10-6-7-11-30(28)38-3)31-25-8-4-5-9-26(25)33-32(31)22-14-18-24(37-2)19-15-22/h4-19,29,33H,20H2,1-3H3/t29-/m1/s1. The molecule has 0 fully saturated rings. The van der Waals surface area contributed by atoms with Crippen LogP contribution in [0.2, 0.25) is 0 Å². The minimum atomic E-state index is -0.0587. The van der Waals surface area contributed by atoms with Crippen molar-refractivity contribution < 1.29 is 14.2 Å². The van der Waals surface area contributed by atoms with E-state index in [0.717, 1.165) is 57.4 Å². The molecule has 1 atom stereocenters. The number of rotatable bonds is 7. The Balaban J connectivity index is 1.53. The van der Waals surface area contributed by atoms with E-state index < -0.39 is 0 Å². The Bertz CT molecular complexity index is 1600. The van der Waals surface area contributed by atoms with Crippen molar-refractivity contribution in [2.45, 2.75) is 12.5 Å². The molecule has 1 N–H and O–H groups in total. The zero-order valence-electron chi connectivity index (χ0n) is 21.6. The summed E-state index contributed by atoms with van der Waals surface area (Å²) in [6.45, 7) is 0. The van der Waals surface area contributed by atoms with Gasteiger partial charge in [0.2, 0.25) is 0 Å². The molecule has 38 heavy (non-hydrogen) atoms. The number of nitrogens with zero attached hydrogens (tertiary/aromatic N) is 2. The summed E-state index contributed by atoms with van der Waals surface area (Å²) < 4.78 is 16.6. The number of hydrogen-bond donors (Lipinski definition) is 1. The largest absolute Gasteiger partial charge is 0.497 e. The van der Waals surface area contributed by atoms with Gasteiger partial charge in [-0.1, -0.05) is 30.3 Å². The summed E-state index contributed by atoms with van der Waals surface area (Å²) in [5.41, 5.74) is 7.46. The average molecular weight is 504 g/mol. The highest BCUT2D eigenvalue weighted by atomic mass is 16.5. The van der Waals surface area contributed by atoms with E-state index in [9.17, 15) is 0 Å². The highest BCUT2D eigenvalue weighted by Gasteiger charge is 2.35. The van der Waals surface area contributed by atoms with Gasteiger partial charge in [-0.3, -0.25) is 5.01 Å². The molecule has 0 unspecified atom stereocenters. The van der Waals surface area contributed by atoms with Crippen LogP contribution in [0.15, 0.2) is 102 Å². The van der Waals surface area contributed by atoms with Crippen molar-refractivity contribution in [3.05, 3.63) is 108 Å². The number of anilines is 1. The fourth-order valence-corrected chi connectivity index (χ4v) is 5.23. The van der Waals surface area contributed by atoms with Gasteiger partial charge in [-0.25, -0.2) is 0 Å². The van der Waals surface area contributed by atoms with Crippen LogP contribution in [0, 0.1) is 0 Å². The fraction of sp³-hybridized carbons (Fsp3) is 0.156. The number of benzene rings is 4. The molecule has 0 amide bonds. The number of hydrazone groups is 1. The Morgan fingerprint density at radius 2 is 1.34 bits per heavy atom. The number of methoxy groups -OCH3 is 3. The van der Waals surface area contributed by atoms with Crippen molar-refractivity contribution in [1.29, 1.82) is 0 Å². The van der Waals surface area contributed by atoms with Gasteiger partial charge in [0.25, 0.3) is 0 Å². The third kappa shape index (κ3) is 4.14. The van der Waals surface area contributed by atoms with Crippen molar-refractivity contribution in [2.24, 2.45) is 5.10 Å². The van der Waals surface area contributed by atoms with Crippen LogP contribution in [0.25, 0.3) is 22.2 Å². The van der Waals surface area contributed by atoms with Crippen LogP contribution < -0.4 is 19.2 Å². The Morgan fingerprint density at radius 3 is 2.03 bits per heavy atom. The average Bonchev–Trinajstić information content (AvgIpc) is 3.59. The van der Waals surface area contributed by atoms with E-state index in [4.69, 9.17) is 19.3 Å². The highest BCUT2D eigenvalue weighted by molar-refractivity contribution is 6.04. The van der Waals surface area contributed by atoms with Crippen LogP contribution >= 0.6 is 0 Å². The number of aromatic amines is 1. The van der Waals surface area contributed by atoms with Crippen LogP contribution in [0.4, 0.5) is 5.69 Å². The Kier molecular flexibility index (Phi) is 6.22. The first-order valence-corrected chi connectivity index (χ1v) is 12.6. The number of ether oxygens (including phenoxy) is 3. The Labute approximate surface area is 222 Å². The quantitative estimate of drug-likeness (QED) is 0.255. The third-order valence-electron chi connectivity index (χ3n) is 7.12. The van der Waals surface area contributed by atoms with Gasteiger partial charge < -0.3 is 19.2 Å². The van der Waals surface area contributed by atoms with Gasteiger partial charge in [-0.05, 0) is 77.9 Å². The molecule has 4 aromatic carbocycles. The van der Waals surface area contributed by atoms with E-state index in [2.05, 4.69) is 64.6 Å². The van der Waals surface area contributed by atoms with Gasteiger partial charge in [0.05, 0.1) is 38.8 Å². The minimum absolute atomic E-state index is 0.0587. The first-order chi connectivity index (χ1) is 18.7. The minimum Gasteiger partial charge on any atom is -0.497 e. The molecule has 0 spiro atoms. The van der Waals surface area contributed by atoms with Crippen molar-refractivity contribution >= 4 is 22.3 Å². The predicted octanol–water partition coefficient (Wildman–Crippen LogP) is 7.22. The molecule has 1 aliphatic heterocycles. The Morgan fingerprint density at radius 1 is 0.711 bits per heavy atom. The summed E-state index contributed by atoms with van der Waals surface area (Å²) in [5.74, 6) is 2.43. The van der Waals surface area contributed by atoms with Crippen molar-refractivity contribution in [3.63, 3.8) is 0 Å². The first-order valence-electron chi connectivity index (χ1n) is 12.6. The first kappa shape index (κ1) is 23.7. The number of nitrogens with one attached hydrogen (secondary N) is 1. The van der Waals surface area contributed by atoms with Crippen LogP contribution in [0.5, 0.6) is 17.2 Å². The van der Waals surface area contributed by atoms with Crippen LogP contribution in [-0.2, 0) is 0 Å². The molecule has 2 heterocycles. The summed E-state index contributed by atoms with van der Waals surface area (Å²) in [7, 11) is 5.07. The lowest BCUT2D eigenvalue weighted by Crippen LogP contribution is -2.19. The molecule has 5 aromatic rings. The van der Waals surface area contributed by atoms with E-state index in [0.29, 0.717) is 0 Å². The zero-order chi connectivity index (χ0) is 26.1. The van der Waals surface area contributed by atoms with E-state index in [1.54, 1.807) is 21.3 Å². The van der Waals surface area contributed by atoms with E-state index in [1.165, 1.54) is 10.9 Å². The van der Waals surface area contributed by atoms with Gasteiger partial charge in [0.15, 0.2) is 0 Å². The molecule has 6 heteroatoms. The molecular weight excluding hydrogens is 474 g/mol.